The molecule has 128 valence electrons. The summed E-state index contributed by atoms with van der Waals surface area (Å²) in [4.78, 5) is 36.1. The van der Waals surface area contributed by atoms with Gasteiger partial charge in [-0.05, 0) is 25.5 Å². The highest BCUT2D eigenvalue weighted by atomic mass is 32.1. The van der Waals surface area contributed by atoms with Crippen molar-refractivity contribution < 1.29 is 28.3 Å². The first-order valence-corrected chi connectivity index (χ1v) is 7.86. The molecule has 2 heterocycles. The molecule has 2 rings (SSSR count). The number of methoxy groups -OCH3 is 1. The summed E-state index contributed by atoms with van der Waals surface area (Å²) in [6.07, 6.45) is 1.32. The minimum atomic E-state index is -0.646. The van der Waals surface area contributed by atoms with Gasteiger partial charge in [-0.25, -0.2) is 9.59 Å². The van der Waals surface area contributed by atoms with E-state index in [-0.39, 0.29) is 18.3 Å². The third-order valence-electron chi connectivity index (χ3n) is 3.36. The molecule has 2 aromatic rings. The van der Waals surface area contributed by atoms with E-state index in [4.69, 9.17) is 9.15 Å². The first-order valence-electron chi connectivity index (χ1n) is 7.04. The van der Waals surface area contributed by atoms with Crippen molar-refractivity contribution >= 4 is 34.2 Å². The van der Waals surface area contributed by atoms with Crippen molar-refractivity contribution in [2.24, 2.45) is 0 Å². The minimum absolute atomic E-state index is 0.00870. The Morgan fingerprint density at radius 2 is 1.96 bits per heavy atom. The molecule has 0 aliphatic rings. The lowest BCUT2D eigenvalue weighted by Gasteiger charge is -2.07. The second-order valence-corrected chi connectivity index (χ2v) is 6.24. The Morgan fingerprint density at radius 1 is 1.25 bits per heavy atom. The quantitative estimate of drug-likeness (QED) is 0.832. The lowest BCUT2D eigenvalue weighted by Crippen LogP contribution is -2.12. The molecule has 0 fully saturated rings. The normalized spacial score (nSPS) is 10.3. The lowest BCUT2D eigenvalue weighted by molar-refractivity contribution is -0.114. The molecule has 24 heavy (non-hydrogen) atoms. The van der Waals surface area contributed by atoms with Gasteiger partial charge >= 0.3 is 11.9 Å². The molecule has 8 heteroatoms. The molecule has 0 spiro atoms. The van der Waals surface area contributed by atoms with E-state index in [2.05, 4.69) is 10.1 Å². The maximum Gasteiger partial charge on any atom is 0.374 e. The van der Waals surface area contributed by atoms with E-state index in [1.165, 1.54) is 37.7 Å². The molecule has 0 aromatic carbocycles. The summed E-state index contributed by atoms with van der Waals surface area (Å²) in [5.74, 6) is -1.51. The number of thiophene rings is 1. The van der Waals surface area contributed by atoms with Gasteiger partial charge < -0.3 is 19.2 Å². The Bertz CT molecular complexity index is 789. The number of nitrogens with one attached hydrogen (secondary N) is 1. The number of hydrogen-bond donors (Lipinski definition) is 1. The zero-order chi connectivity index (χ0) is 17.9. The topological polar surface area (TPSA) is 94.8 Å². The molecule has 0 bridgehead atoms. The van der Waals surface area contributed by atoms with Crippen LogP contribution in [0.25, 0.3) is 0 Å². The number of hydrogen-bond acceptors (Lipinski definition) is 7. The van der Waals surface area contributed by atoms with Crippen molar-refractivity contribution in [2.75, 3.05) is 12.4 Å². The number of furan rings is 1. The van der Waals surface area contributed by atoms with Crippen LogP contribution in [0.3, 0.4) is 0 Å². The molecule has 0 saturated carbocycles. The minimum Gasteiger partial charge on any atom is -0.463 e. The van der Waals surface area contributed by atoms with Crippen molar-refractivity contribution in [2.45, 2.75) is 27.4 Å². The average Bonchev–Trinajstić information content (AvgIpc) is 3.09. The van der Waals surface area contributed by atoms with Gasteiger partial charge in [-0.3, -0.25) is 4.79 Å². The summed E-state index contributed by atoms with van der Waals surface area (Å²) in [5, 5.41) is 3.08. The van der Waals surface area contributed by atoms with Crippen LogP contribution in [0.1, 0.15) is 43.8 Å². The van der Waals surface area contributed by atoms with Crippen LogP contribution in [0.5, 0.6) is 0 Å². The highest BCUT2D eigenvalue weighted by Gasteiger charge is 2.23. The third-order valence-corrected chi connectivity index (χ3v) is 4.48. The van der Waals surface area contributed by atoms with Crippen molar-refractivity contribution in [3.63, 3.8) is 0 Å². The van der Waals surface area contributed by atoms with Crippen LogP contribution in [-0.2, 0) is 20.9 Å². The average molecular weight is 351 g/mol. The van der Waals surface area contributed by atoms with Gasteiger partial charge in [-0.15, -0.1) is 11.3 Å². The summed E-state index contributed by atoms with van der Waals surface area (Å²) < 4.78 is 14.9. The number of esters is 2. The molecule has 2 aromatic heterocycles. The van der Waals surface area contributed by atoms with E-state index in [9.17, 15) is 14.4 Å². The fraction of sp³-hybridized carbons (Fsp3) is 0.312. The van der Waals surface area contributed by atoms with Crippen LogP contribution < -0.4 is 5.32 Å². The van der Waals surface area contributed by atoms with Crippen molar-refractivity contribution in [1.29, 1.82) is 0 Å². The molecule has 0 aliphatic carbocycles. The first kappa shape index (κ1) is 17.7. The van der Waals surface area contributed by atoms with E-state index in [0.717, 1.165) is 10.4 Å². The number of aryl methyl sites for hydroxylation is 1. The Kier molecular flexibility index (Phi) is 5.40. The van der Waals surface area contributed by atoms with E-state index in [1.54, 1.807) is 6.92 Å². The Morgan fingerprint density at radius 3 is 2.58 bits per heavy atom. The van der Waals surface area contributed by atoms with E-state index in [1.807, 2.05) is 6.92 Å². The zero-order valence-electron chi connectivity index (χ0n) is 13.7. The molecule has 0 radical (unpaired) electrons. The van der Waals surface area contributed by atoms with E-state index >= 15 is 0 Å². The molecular weight excluding hydrogens is 334 g/mol. The van der Waals surface area contributed by atoms with Gasteiger partial charge in [0.2, 0.25) is 11.7 Å². The first-order chi connectivity index (χ1) is 11.3. The second-order valence-electron chi connectivity index (χ2n) is 5.01. The van der Waals surface area contributed by atoms with Crippen LogP contribution in [0.4, 0.5) is 5.00 Å². The Balaban J connectivity index is 2.18. The monoisotopic (exact) mass is 351 g/mol. The predicted octanol–water partition coefficient (Wildman–Crippen LogP) is 3.06. The SMILES string of the molecule is COC(=O)c1occc1COC(=O)c1c(NC(C)=O)sc(C)c1C. The van der Waals surface area contributed by atoms with Gasteiger partial charge in [0.25, 0.3) is 0 Å². The number of carbonyl (C=O) groups is 3. The summed E-state index contributed by atoms with van der Waals surface area (Å²) >= 11 is 1.31. The van der Waals surface area contributed by atoms with Crippen LogP contribution in [0.2, 0.25) is 0 Å². The summed E-state index contributed by atoms with van der Waals surface area (Å²) in [7, 11) is 1.23. The smallest absolute Gasteiger partial charge is 0.374 e. The molecular formula is C16H17NO6S. The largest absolute Gasteiger partial charge is 0.463 e. The Labute approximate surface area is 142 Å². The number of anilines is 1. The van der Waals surface area contributed by atoms with Crippen molar-refractivity contribution in [3.05, 3.63) is 39.7 Å². The van der Waals surface area contributed by atoms with Gasteiger partial charge in [0.05, 0.1) is 18.9 Å². The second kappa shape index (κ2) is 7.31. The number of rotatable bonds is 5. The van der Waals surface area contributed by atoms with E-state index < -0.39 is 11.9 Å². The Hall–Kier alpha value is -2.61. The zero-order valence-corrected chi connectivity index (χ0v) is 14.5. The van der Waals surface area contributed by atoms with E-state index in [0.29, 0.717) is 16.1 Å². The van der Waals surface area contributed by atoms with Crippen LogP contribution >= 0.6 is 11.3 Å². The molecule has 0 unspecified atom stereocenters. The number of amides is 1. The standard InChI is InChI=1S/C16H17NO6S/c1-8-9(2)24-14(17-10(3)18)12(8)15(19)23-7-11-5-6-22-13(11)16(20)21-4/h5-6H,7H2,1-4H3,(H,17,18). The molecule has 1 N–H and O–H groups in total. The molecule has 1 amide bonds. The summed E-state index contributed by atoms with van der Waals surface area (Å²) in [6, 6.07) is 1.53. The maximum atomic E-state index is 12.4. The summed E-state index contributed by atoms with van der Waals surface area (Å²) in [5.41, 5.74) is 1.46. The van der Waals surface area contributed by atoms with Gasteiger partial charge in [0, 0.05) is 17.4 Å². The summed E-state index contributed by atoms with van der Waals surface area (Å²) in [6.45, 7) is 4.86. The van der Waals surface area contributed by atoms with Crippen LogP contribution in [0.15, 0.2) is 16.7 Å². The maximum absolute atomic E-state index is 12.4. The van der Waals surface area contributed by atoms with Gasteiger partial charge in [0.15, 0.2) is 0 Å². The highest BCUT2D eigenvalue weighted by Crippen LogP contribution is 2.33. The predicted molar refractivity (Wildman–Crippen MR) is 87.3 cm³/mol. The molecule has 0 aliphatic heterocycles. The van der Waals surface area contributed by atoms with Crippen molar-refractivity contribution in [3.8, 4) is 0 Å². The van der Waals surface area contributed by atoms with Crippen molar-refractivity contribution in [1.82, 2.24) is 0 Å². The van der Waals surface area contributed by atoms with Crippen LogP contribution in [-0.4, -0.2) is 25.0 Å². The molecule has 0 saturated heterocycles. The number of carbonyl (C=O) groups excluding carboxylic acids is 3. The highest BCUT2D eigenvalue weighted by molar-refractivity contribution is 7.16. The van der Waals surface area contributed by atoms with Gasteiger partial charge in [-0.2, -0.15) is 0 Å². The molecule has 7 nitrogen and oxygen atoms in total. The van der Waals surface area contributed by atoms with Gasteiger partial charge in [0.1, 0.15) is 11.6 Å². The van der Waals surface area contributed by atoms with Crippen LogP contribution in [0, 0.1) is 13.8 Å². The lowest BCUT2D eigenvalue weighted by atomic mass is 10.1. The fourth-order valence-corrected chi connectivity index (χ4v) is 3.15. The third kappa shape index (κ3) is 3.65. The van der Waals surface area contributed by atoms with Gasteiger partial charge in [-0.1, -0.05) is 0 Å². The fourth-order valence-electron chi connectivity index (χ4n) is 2.06. The number of ether oxygens (including phenoxy) is 2. The molecule has 0 atom stereocenters.